The molecule has 0 bridgehead atoms. The molecular weight excluding hydrogens is 232 g/mol. The van der Waals surface area contributed by atoms with Gasteiger partial charge < -0.3 is 0 Å². The van der Waals surface area contributed by atoms with Crippen molar-refractivity contribution in [3.8, 4) is 0 Å². The predicted molar refractivity (Wildman–Crippen MR) is 85.8 cm³/mol. The number of fused-ring (bicyclic) bond motifs is 1. The minimum absolute atomic E-state index is 1.14. The molecule has 0 atom stereocenters. The second-order valence-corrected chi connectivity index (χ2v) is 11.2. The smallest absolute Gasteiger partial charge is 0.0687 e. The molecule has 94 valence electrons. The quantitative estimate of drug-likeness (QED) is 0.634. The van der Waals surface area contributed by atoms with E-state index in [0.717, 1.165) is 0 Å². The van der Waals surface area contributed by atoms with E-state index >= 15 is 0 Å². The Kier molecular flexibility index (Phi) is 3.44. The van der Waals surface area contributed by atoms with Gasteiger partial charge in [-0.3, -0.25) is 0 Å². The van der Waals surface area contributed by atoms with E-state index in [2.05, 4.69) is 75.6 Å². The number of hydrogen-bond acceptors (Lipinski definition) is 0. The highest BCUT2D eigenvalue weighted by Crippen LogP contribution is 2.26. The van der Waals surface area contributed by atoms with Gasteiger partial charge in [0.05, 0.1) is 8.07 Å². The molecule has 0 aromatic heterocycles. The molecule has 0 aliphatic rings. The zero-order valence-electron chi connectivity index (χ0n) is 12.0. The molecule has 2 aromatic rings. The van der Waals surface area contributed by atoms with Gasteiger partial charge in [-0.25, -0.2) is 0 Å². The van der Waals surface area contributed by atoms with Gasteiger partial charge in [-0.05, 0) is 41.3 Å². The lowest BCUT2D eigenvalue weighted by atomic mass is 9.96. The van der Waals surface area contributed by atoms with Crippen LogP contribution in [0.25, 0.3) is 16.8 Å². The van der Waals surface area contributed by atoms with Crippen LogP contribution in [0.1, 0.15) is 16.7 Å². The molecule has 0 spiro atoms. The van der Waals surface area contributed by atoms with Crippen molar-refractivity contribution in [1.82, 2.24) is 0 Å². The molecule has 18 heavy (non-hydrogen) atoms. The molecular formula is C17H22Si. The number of benzene rings is 2. The highest BCUT2D eigenvalue weighted by Gasteiger charge is 2.08. The summed E-state index contributed by atoms with van der Waals surface area (Å²) in [5, 5.41) is 2.75. The fraction of sp³-hybridized carbons (Fsp3) is 0.294. The van der Waals surface area contributed by atoms with Gasteiger partial charge in [0.25, 0.3) is 0 Å². The summed E-state index contributed by atoms with van der Waals surface area (Å²) in [5.74, 6) is 0. The number of rotatable bonds is 2. The fourth-order valence-corrected chi connectivity index (χ4v) is 2.85. The maximum absolute atomic E-state index is 2.42. The average Bonchev–Trinajstić information content (AvgIpc) is 2.31. The summed E-state index contributed by atoms with van der Waals surface area (Å²) in [5.41, 5.74) is 6.56. The lowest BCUT2D eigenvalue weighted by molar-refractivity contribution is 1.37. The van der Waals surface area contributed by atoms with Gasteiger partial charge in [0.1, 0.15) is 0 Å². The summed E-state index contributed by atoms with van der Waals surface area (Å²) in [7, 11) is -1.14. The van der Waals surface area contributed by atoms with Gasteiger partial charge in [0.2, 0.25) is 0 Å². The fourth-order valence-electron chi connectivity index (χ4n) is 2.17. The molecule has 0 N–H and O–H groups in total. The van der Waals surface area contributed by atoms with Crippen LogP contribution in [0.3, 0.4) is 0 Å². The van der Waals surface area contributed by atoms with Crippen molar-refractivity contribution in [3.05, 3.63) is 52.7 Å². The second kappa shape index (κ2) is 4.73. The lowest BCUT2D eigenvalue weighted by Crippen LogP contribution is -2.15. The first-order chi connectivity index (χ1) is 8.38. The van der Waals surface area contributed by atoms with E-state index in [9.17, 15) is 0 Å². The van der Waals surface area contributed by atoms with Crippen molar-refractivity contribution < 1.29 is 0 Å². The molecule has 0 unspecified atom stereocenters. The van der Waals surface area contributed by atoms with Crippen LogP contribution in [0.4, 0.5) is 0 Å². The molecule has 0 aliphatic heterocycles. The van der Waals surface area contributed by atoms with Crippen LogP contribution in [0, 0.1) is 13.8 Å². The SMILES string of the molecule is Cc1cc(/C=C/[Si](C)(C)C)c2ccccc2c1C. The third-order valence-electron chi connectivity index (χ3n) is 3.37. The first kappa shape index (κ1) is 13.1. The van der Waals surface area contributed by atoms with Crippen LogP contribution in [-0.2, 0) is 0 Å². The summed E-state index contributed by atoms with van der Waals surface area (Å²) in [6.45, 7) is 11.5. The Morgan fingerprint density at radius 1 is 0.944 bits per heavy atom. The molecule has 0 aliphatic carbocycles. The topological polar surface area (TPSA) is 0 Å². The van der Waals surface area contributed by atoms with E-state index < -0.39 is 8.07 Å². The van der Waals surface area contributed by atoms with Crippen molar-refractivity contribution in [3.63, 3.8) is 0 Å². The Labute approximate surface area is 111 Å². The largest absolute Gasteiger partial charge is 0.0944 e. The van der Waals surface area contributed by atoms with Crippen molar-refractivity contribution in [2.24, 2.45) is 0 Å². The first-order valence-corrected chi connectivity index (χ1v) is 10.1. The summed E-state index contributed by atoms with van der Waals surface area (Å²) >= 11 is 0. The van der Waals surface area contributed by atoms with E-state index in [4.69, 9.17) is 0 Å². The highest BCUT2D eigenvalue weighted by atomic mass is 28.3. The van der Waals surface area contributed by atoms with Gasteiger partial charge in [0.15, 0.2) is 0 Å². The number of aryl methyl sites for hydroxylation is 2. The third-order valence-corrected chi connectivity index (χ3v) is 4.54. The molecule has 1 heteroatoms. The predicted octanol–water partition coefficient (Wildman–Crippen LogP) is 5.35. The van der Waals surface area contributed by atoms with Crippen LogP contribution in [0.15, 0.2) is 36.0 Å². The average molecular weight is 254 g/mol. The Morgan fingerprint density at radius 2 is 1.56 bits per heavy atom. The molecule has 2 aromatic carbocycles. The molecule has 0 radical (unpaired) electrons. The molecule has 0 nitrogen and oxygen atoms in total. The van der Waals surface area contributed by atoms with Crippen molar-refractivity contribution in [1.29, 1.82) is 0 Å². The molecule has 0 amide bonds. The Hall–Kier alpha value is -1.34. The monoisotopic (exact) mass is 254 g/mol. The zero-order valence-corrected chi connectivity index (χ0v) is 13.0. The van der Waals surface area contributed by atoms with Gasteiger partial charge in [-0.1, -0.05) is 61.7 Å². The summed E-state index contributed by atoms with van der Waals surface area (Å²) in [6, 6.07) is 11.0. The minimum atomic E-state index is -1.14. The Morgan fingerprint density at radius 3 is 2.17 bits per heavy atom. The van der Waals surface area contributed by atoms with E-state index in [1.165, 1.54) is 27.5 Å². The molecule has 0 heterocycles. The van der Waals surface area contributed by atoms with E-state index in [1.807, 2.05) is 0 Å². The highest BCUT2D eigenvalue weighted by molar-refractivity contribution is 6.81. The Balaban J connectivity index is 2.65. The minimum Gasteiger partial charge on any atom is -0.0944 e. The first-order valence-electron chi connectivity index (χ1n) is 6.57. The van der Waals surface area contributed by atoms with Crippen molar-refractivity contribution >= 4 is 24.9 Å². The van der Waals surface area contributed by atoms with Gasteiger partial charge >= 0.3 is 0 Å². The molecule has 0 saturated carbocycles. The van der Waals surface area contributed by atoms with Crippen LogP contribution >= 0.6 is 0 Å². The zero-order chi connectivity index (χ0) is 13.3. The summed E-state index contributed by atoms with van der Waals surface area (Å²) < 4.78 is 0. The maximum atomic E-state index is 2.42. The third kappa shape index (κ3) is 2.73. The maximum Gasteiger partial charge on any atom is 0.0687 e. The normalized spacial score (nSPS) is 12.5. The molecule has 0 saturated heterocycles. The van der Waals surface area contributed by atoms with Crippen molar-refractivity contribution in [2.75, 3.05) is 0 Å². The summed E-state index contributed by atoms with van der Waals surface area (Å²) in [6.07, 6.45) is 2.32. The van der Waals surface area contributed by atoms with Crippen LogP contribution in [0.5, 0.6) is 0 Å². The van der Waals surface area contributed by atoms with Crippen LogP contribution in [-0.4, -0.2) is 8.07 Å². The van der Waals surface area contributed by atoms with E-state index in [0.29, 0.717) is 0 Å². The van der Waals surface area contributed by atoms with Gasteiger partial charge in [0, 0.05) is 0 Å². The molecule has 0 fully saturated rings. The summed E-state index contributed by atoms with van der Waals surface area (Å²) in [4.78, 5) is 0. The van der Waals surface area contributed by atoms with Crippen LogP contribution < -0.4 is 0 Å². The Bertz CT molecular complexity index is 601. The van der Waals surface area contributed by atoms with E-state index in [1.54, 1.807) is 0 Å². The second-order valence-electron chi connectivity index (χ2n) is 6.15. The van der Waals surface area contributed by atoms with Crippen LogP contribution in [0.2, 0.25) is 19.6 Å². The van der Waals surface area contributed by atoms with Gasteiger partial charge in [-0.15, -0.1) is 0 Å². The number of hydrogen-bond donors (Lipinski definition) is 0. The van der Waals surface area contributed by atoms with Gasteiger partial charge in [-0.2, -0.15) is 0 Å². The van der Waals surface area contributed by atoms with E-state index in [-0.39, 0.29) is 0 Å². The van der Waals surface area contributed by atoms with Crippen molar-refractivity contribution in [2.45, 2.75) is 33.5 Å². The molecule has 2 rings (SSSR count). The lowest BCUT2D eigenvalue weighted by Gasteiger charge is -2.12. The standard InChI is InChI=1S/C17H22Si/c1-13-12-15(10-11-18(3,4)5)17-9-7-6-8-16(17)14(13)2/h6-12H,1-5H3/b11-10+.